The molecule has 2 aliphatic heterocycles. The maximum atomic E-state index is 14.0. The van der Waals surface area contributed by atoms with Gasteiger partial charge in [-0.3, -0.25) is 33.8 Å². The summed E-state index contributed by atoms with van der Waals surface area (Å²) in [6.07, 6.45) is -10.3. The molecule has 18 heteroatoms. The smallest absolute Gasteiger partial charge is 0.340 e. The number of aromatic nitrogens is 1. The minimum absolute atomic E-state index is 0.0466. The van der Waals surface area contributed by atoms with E-state index in [0.29, 0.717) is 0 Å². The number of aliphatic hydroxyl groups is 2. The molecule has 5 rings (SSSR count). The molecule has 3 fully saturated rings. The molecule has 2 saturated carbocycles. The van der Waals surface area contributed by atoms with Crippen LogP contribution in [-0.2, 0) is 73.1 Å². The number of hydrogen-bond donors (Lipinski definition) is 2. The Bertz CT molecular complexity index is 1730. The maximum Gasteiger partial charge on any atom is 0.340 e. The predicted molar refractivity (Wildman–Crippen MR) is 176 cm³/mol. The highest BCUT2D eigenvalue weighted by atomic mass is 16.7. The minimum atomic E-state index is -2.76. The average Bonchev–Trinajstić information content (AvgIpc) is 3.29. The first-order valence-corrected chi connectivity index (χ1v) is 17.4. The summed E-state index contributed by atoms with van der Waals surface area (Å²) in [6, 6.07) is 2.97. The van der Waals surface area contributed by atoms with E-state index in [0.717, 1.165) is 41.5 Å². The number of aryl methyl sites for hydroxylation is 1. The SMILES string of the molecule is CC(=O)OC[C@]12[C@H](OC(C)=O)[C@H](O)[C@@H]3[C@@H](OC(C)=O)[C@@]14O[C@@]3(C)COC(=O)c1cccnc1CCC(C)C(=O)O[C@@H]([C@H](OC(C)=O)[C@@H]2OC(C)=O)[C@]4(C)O. The van der Waals surface area contributed by atoms with E-state index in [1.54, 1.807) is 0 Å². The number of cyclic esters (lactones) is 1. The van der Waals surface area contributed by atoms with Gasteiger partial charge in [0, 0.05) is 40.8 Å². The summed E-state index contributed by atoms with van der Waals surface area (Å²) in [5.74, 6) is -9.37. The van der Waals surface area contributed by atoms with Gasteiger partial charge in [-0.1, -0.05) is 6.92 Å². The van der Waals surface area contributed by atoms with Gasteiger partial charge in [0.2, 0.25) is 0 Å². The fourth-order valence-electron chi connectivity index (χ4n) is 8.87. The van der Waals surface area contributed by atoms with Crippen LogP contribution in [0.5, 0.6) is 0 Å². The van der Waals surface area contributed by atoms with Gasteiger partial charge in [0.05, 0.1) is 23.1 Å². The Morgan fingerprint density at radius 3 is 2.07 bits per heavy atom. The van der Waals surface area contributed by atoms with E-state index in [4.69, 9.17) is 37.9 Å². The number of aliphatic hydroxyl groups excluding tert-OH is 1. The molecule has 1 saturated heterocycles. The average molecular weight is 764 g/mol. The minimum Gasteiger partial charge on any atom is -0.465 e. The summed E-state index contributed by atoms with van der Waals surface area (Å²) in [5.41, 5.74) is -9.67. The first-order chi connectivity index (χ1) is 25.1. The monoisotopic (exact) mass is 763 g/mol. The zero-order chi connectivity index (χ0) is 40.1. The predicted octanol–water partition coefficient (Wildman–Crippen LogP) is 0.292. The van der Waals surface area contributed by atoms with E-state index in [2.05, 4.69) is 4.98 Å². The van der Waals surface area contributed by atoms with Crippen molar-refractivity contribution in [2.24, 2.45) is 17.3 Å². The molecule has 18 nitrogen and oxygen atoms in total. The standard InChI is InChI=1S/C36H45NO17/c1-16-11-12-23-22(10-9-13-37-23)32(45)48-14-33(7)24-25(43)28(51-20(5)41)35(15-47-17(2)38)30(52-21(6)42)26(49-18(3)39)29(53-31(16)44)34(8,46)36(35,54-33)27(24)50-19(4)40/h9-10,13,16,24-30,43,46H,11-12,14-15H2,1-8H3/t16?,24-,25-,26+,27-,28-,29+,30+,33+,34+,35-,36+/m1/s1. The van der Waals surface area contributed by atoms with Crippen molar-refractivity contribution in [3.63, 3.8) is 0 Å². The lowest BCUT2D eigenvalue weighted by Gasteiger charge is -2.67. The third-order valence-corrected chi connectivity index (χ3v) is 10.9. The lowest BCUT2D eigenvalue weighted by molar-refractivity contribution is -0.386. The van der Waals surface area contributed by atoms with Crippen molar-refractivity contribution in [3.05, 3.63) is 29.6 Å². The molecule has 12 atom stereocenters. The molecule has 4 aliphatic rings. The molecule has 296 valence electrons. The van der Waals surface area contributed by atoms with Crippen LogP contribution in [0.3, 0.4) is 0 Å². The molecule has 1 aromatic heterocycles. The van der Waals surface area contributed by atoms with Crippen molar-refractivity contribution in [1.29, 1.82) is 0 Å². The van der Waals surface area contributed by atoms with Crippen LogP contribution in [0.2, 0.25) is 0 Å². The summed E-state index contributed by atoms with van der Waals surface area (Å²) in [4.78, 5) is 96.6. The van der Waals surface area contributed by atoms with Gasteiger partial charge in [-0.2, -0.15) is 0 Å². The molecule has 1 spiro atoms. The Kier molecular flexibility index (Phi) is 10.9. The van der Waals surface area contributed by atoms with Gasteiger partial charge in [-0.25, -0.2) is 4.79 Å². The fourth-order valence-corrected chi connectivity index (χ4v) is 8.87. The molecule has 54 heavy (non-hydrogen) atoms. The maximum absolute atomic E-state index is 14.0. The molecule has 1 unspecified atom stereocenters. The van der Waals surface area contributed by atoms with E-state index in [1.807, 2.05) is 0 Å². The highest BCUT2D eigenvalue weighted by molar-refractivity contribution is 5.90. The Labute approximate surface area is 310 Å². The number of esters is 7. The number of rotatable bonds is 6. The molecule has 1 aromatic rings. The van der Waals surface area contributed by atoms with Gasteiger partial charge in [0.25, 0.3) is 0 Å². The molecular formula is C36H45NO17. The number of carbonyl (C=O) groups excluding carboxylic acids is 7. The zero-order valence-electron chi connectivity index (χ0n) is 31.1. The van der Waals surface area contributed by atoms with Crippen LogP contribution in [0.1, 0.15) is 77.9 Å². The van der Waals surface area contributed by atoms with Crippen molar-refractivity contribution >= 4 is 41.8 Å². The molecule has 3 heterocycles. The number of nitrogens with zero attached hydrogens (tertiary/aromatic N) is 1. The van der Waals surface area contributed by atoms with Crippen LogP contribution in [0.15, 0.2) is 18.3 Å². The van der Waals surface area contributed by atoms with Crippen LogP contribution < -0.4 is 0 Å². The van der Waals surface area contributed by atoms with E-state index in [9.17, 15) is 43.8 Å². The van der Waals surface area contributed by atoms with Crippen LogP contribution >= 0.6 is 0 Å². The first-order valence-electron chi connectivity index (χ1n) is 17.4. The van der Waals surface area contributed by atoms with E-state index >= 15 is 0 Å². The first kappa shape index (κ1) is 40.5. The second kappa shape index (κ2) is 14.5. The lowest BCUT2D eigenvalue weighted by atomic mass is 9.45. The van der Waals surface area contributed by atoms with E-state index in [1.165, 1.54) is 32.2 Å². The molecule has 0 amide bonds. The van der Waals surface area contributed by atoms with Gasteiger partial charge in [-0.15, -0.1) is 0 Å². The number of fused-ring (bicyclic) bond motifs is 5. The molecule has 2 N–H and O–H groups in total. The molecule has 0 radical (unpaired) electrons. The number of carbonyl (C=O) groups is 7. The summed E-state index contributed by atoms with van der Waals surface area (Å²) >= 11 is 0. The van der Waals surface area contributed by atoms with E-state index in [-0.39, 0.29) is 24.1 Å². The van der Waals surface area contributed by atoms with Gasteiger partial charge < -0.3 is 48.1 Å². The highest BCUT2D eigenvalue weighted by Gasteiger charge is 2.91. The van der Waals surface area contributed by atoms with Gasteiger partial charge in [-0.05, 0) is 38.8 Å². The Morgan fingerprint density at radius 2 is 1.48 bits per heavy atom. The van der Waals surface area contributed by atoms with Crippen LogP contribution in [-0.4, -0.2) is 124 Å². The summed E-state index contributed by atoms with van der Waals surface area (Å²) in [5, 5.41) is 25.7. The third kappa shape index (κ3) is 6.46. The van der Waals surface area contributed by atoms with E-state index < -0.39 is 126 Å². The highest BCUT2D eigenvalue weighted by Crippen LogP contribution is 2.69. The number of ether oxygens (including phenoxy) is 8. The fraction of sp³-hybridized carbons (Fsp3) is 0.667. The van der Waals surface area contributed by atoms with Crippen LogP contribution in [0, 0.1) is 17.3 Å². The molecule has 4 bridgehead atoms. The quantitative estimate of drug-likeness (QED) is 0.292. The summed E-state index contributed by atoms with van der Waals surface area (Å²) < 4.78 is 47.6. The van der Waals surface area contributed by atoms with Crippen molar-refractivity contribution in [3.8, 4) is 0 Å². The second-order valence-corrected chi connectivity index (χ2v) is 14.7. The summed E-state index contributed by atoms with van der Waals surface area (Å²) in [7, 11) is 0. The van der Waals surface area contributed by atoms with Gasteiger partial charge in [0.1, 0.15) is 48.1 Å². The topological polar surface area (TPSA) is 247 Å². The van der Waals surface area contributed by atoms with Crippen molar-refractivity contribution in [1.82, 2.24) is 4.98 Å². The van der Waals surface area contributed by atoms with Crippen molar-refractivity contribution in [2.75, 3.05) is 13.2 Å². The number of hydrogen-bond acceptors (Lipinski definition) is 18. The molecule has 2 aliphatic carbocycles. The van der Waals surface area contributed by atoms with Gasteiger partial charge in [0.15, 0.2) is 23.9 Å². The number of pyridine rings is 1. The van der Waals surface area contributed by atoms with Crippen LogP contribution in [0.4, 0.5) is 0 Å². The van der Waals surface area contributed by atoms with Gasteiger partial charge >= 0.3 is 41.8 Å². The largest absolute Gasteiger partial charge is 0.465 e. The molecular weight excluding hydrogens is 718 g/mol. The summed E-state index contributed by atoms with van der Waals surface area (Å²) in [6.45, 7) is 7.22. The second-order valence-electron chi connectivity index (χ2n) is 14.7. The third-order valence-electron chi connectivity index (χ3n) is 10.9. The van der Waals surface area contributed by atoms with Crippen LogP contribution in [0.25, 0.3) is 0 Å². The van der Waals surface area contributed by atoms with Crippen molar-refractivity contribution < 1.29 is 81.7 Å². The molecule has 0 aromatic carbocycles. The normalized spacial score (nSPS) is 38.6. The Morgan fingerprint density at radius 1 is 0.889 bits per heavy atom. The van der Waals surface area contributed by atoms with Crippen molar-refractivity contribution in [2.45, 2.75) is 122 Å². The Hall–Kier alpha value is -4.68. The lowest BCUT2D eigenvalue weighted by Crippen LogP contribution is -2.89. The zero-order valence-corrected chi connectivity index (χ0v) is 31.1. The Balaban J connectivity index is 1.94.